The molecule has 112 valence electrons. The van der Waals surface area contributed by atoms with E-state index in [2.05, 4.69) is 4.99 Å². The van der Waals surface area contributed by atoms with Crippen LogP contribution in [0.1, 0.15) is 26.3 Å². The smallest absolute Gasteiger partial charge is 0.349 e. The van der Waals surface area contributed by atoms with Gasteiger partial charge in [-0.3, -0.25) is 0 Å². The molecule has 1 atom stereocenters. The van der Waals surface area contributed by atoms with Gasteiger partial charge in [0.05, 0.1) is 0 Å². The highest BCUT2D eigenvalue weighted by Crippen LogP contribution is 2.24. The van der Waals surface area contributed by atoms with Crippen LogP contribution in [0.25, 0.3) is 0 Å². The van der Waals surface area contributed by atoms with Crippen molar-refractivity contribution in [2.75, 3.05) is 0 Å². The molecule has 0 saturated heterocycles. The van der Waals surface area contributed by atoms with E-state index in [1.54, 1.807) is 45.0 Å². The molecule has 1 aromatic rings. The number of esters is 1. The van der Waals surface area contributed by atoms with Gasteiger partial charge in [0.25, 0.3) is 0 Å². The van der Waals surface area contributed by atoms with Gasteiger partial charge in [0.15, 0.2) is 4.63 Å². The third kappa shape index (κ3) is 5.37. The predicted octanol–water partition coefficient (Wildman–Crippen LogP) is 3.67. The summed E-state index contributed by atoms with van der Waals surface area (Å²) in [6.45, 7) is 5.13. The van der Waals surface area contributed by atoms with Crippen LogP contribution in [-0.4, -0.2) is 21.7 Å². The second kappa shape index (κ2) is 6.93. The van der Waals surface area contributed by atoms with Crippen LogP contribution in [0.4, 0.5) is 0 Å². The Balaban J connectivity index is 3.20. The largest absolute Gasteiger partial charge is 0.457 e. The van der Waals surface area contributed by atoms with Crippen molar-refractivity contribution in [1.82, 2.24) is 0 Å². The summed E-state index contributed by atoms with van der Waals surface area (Å²) in [4.78, 5) is 16.2. The number of nitriles is 1. The molecular weight excluding hydrogens is 311 g/mol. The van der Waals surface area contributed by atoms with E-state index in [4.69, 9.17) is 27.9 Å². The molecule has 0 bridgehead atoms. The minimum atomic E-state index is -1.80. The first-order valence-electron chi connectivity index (χ1n) is 6.28. The highest BCUT2D eigenvalue weighted by molar-refractivity contribution is 6.95. The number of aliphatic imine (C=N–C) groups is 1. The molecule has 0 spiro atoms. The Kier molecular flexibility index (Phi) is 5.77. The van der Waals surface area contributed by atoms with Crippen molar-refractivity contribution < 1.29 is 9.53 Å². The second-order valence-corrected chi connectivity index (χ2v) is 6.40. The summed E-state index contributed by atoms with van der Waals surface area (Å²) in [7, 11) is 0. The first-order valence-corrected chi connectivity index (χ1v) is 7.03. The fourth-order valence-corrected chi connectivity index (χ4v) is 1.95. The van der Waals surface area contributed by atoms with E-state index in [0.717, 1.165) is 5.56 Å². The second-order valence-electron chi connectivity index (χ2n) is 5.49. The Labute approximate surface area is 134 Å². The minimum Gasteiger partial charge on any atom is -0.457 e. The highest BCUT2D eigenvalue weighted by atomic mass is 35.5. The lowest BCUT2D eigenvalue weighted by Crippen LogP contribution is -2.43. The lowest BCUT2D eigenvalue weighted by molar-refractivity contribution is -0.159. The van der Waals surface area contributed by atoms with Crippen LogP contribution < -0.4 is 0 Å². The lowest BCUT2D eigenvalue weighted by Gasteiger charge is -2.26. The van der Waals surface area contributed by atoms with Crippen LogP contribution in [0.5, 0.6) is 0 Å². The summed E-state index contributed by atoms with van der Waals surface area (Å²) in [6, 6.07) is 10.9. The molecule has 0 aromatic heterocycles. The van der Waals surface area contributed by atoms with Gasteiger partial charge in [-0.1, -0.05) is 30.3 Å². The number of hydrogen-bond acceptors (Lipinski definition) is 4. The number of rotatable bonds is 4. The molecule has 0 heterocycles. The molecule has 0 fully saturated rings. The number of ether oxygens (including phenoxy) is 1. The minimum absolute atomic E-state index is 0.0300. The Morgan fingerprint density at radius 3 is 2.29 bits per heavy atom. The van der Waals surface area contributed by atoms with E-state index >= 15 is 0 Å². The molecule has 0 radical (unpaired) electrons. The molecular formula is C15H16Cl2N2O2. The van der Waals surface area contributed by atoms with E-state index in [-0.39, 0.29) is 6.42 Å². The molecule has 0 aliphatic rings. The van der Waals surface area contributed by atoms with Crippen molar-refractivity contribution in [3.8, 4) is 6.07 Å². The number of carbonyl (C=O) groups is 1. The molecule has 0 saturated carbocycles. The number of hydrogen-bond donors (Lipinski definition) is 0. The van der Waals surface area contributed by atoms with E-state index in [1.807, 2.05) is 12.1 Å². The number of carbonyl (C=O) groups excluding carboxylic acids is 1. The maximum absolute atomic E-state index is 12.4. The topological polar surface area (TPSA) is 62.5 Å². The molecule has 21 heavy (non-hydrogen) atoms. The summed E-state index contributed by atoms with van der Waals surface area (Å²) in [5.41, 5.74) is -1.79. The molecule has 1 unspecified atom stereocenters. The number of nitrogens with zero attached hydrogens (tertiary/aromatic N) is 2. The van der Waals surface area contributed by atoms with Crippen LogP contribution in [0.2, 0.25) is 0 Å². The van der Waals surface area contributed by atoms with Gasteiger partial charge in [0, 0.05) is 6.42 Å². The van der Waals surface area contributed by atoms with Crippen molar-refractivity contribution in [3.63, 3.8) is 0 Å². The monoisotopic (exact) mass is 326 g/mol. The van der Waals surface area contributed by atoms with E-state index in [0.29, 0.717) is 0 Å². The fraction of sp³-hybridized carbons (Fsp3) is 0.400. The van der Waals surface area contributed by atoms with Crippen LogP contribution in [-0.2, 0) is 16.0 Å². The van der Waals surface area contributed by atoms with Gasteiger partial charge in [-0.15, -0.1) is 0 Å². The molecule has 0 aliphatic heterocycles. The summed E-state index contributed by atoms with van der Waals surface area (Å²) in [5, 5.41) is 9.48. The molecule has 4 nitrogen and oxygen atoms in total. The van der Waals surface area contributed by atoms with Gasteiger partial charge in [-0.25, -0.2) is 9.79 Å². The average Bonchev–Trinajstić information content (AvgIpc) is 2.36. The van der Waals surface area contributed by atoms with Crippen LogP contribution in [0, 0.1) is 11.3 Å². The average molecular weight is 327 g/mol. The van der Waals surface area contributed by atoms with Crippen LogP contribution in [0.3, 0.4) is 0 Å². The third-order valence-electron chi connectivity index (χ3n) is 2.50. The Hall–Kier alpha value is -1.57. The van der Waals surface area contributed by atoms with E-state index < -0.39 is 21.7 Å². The third-order valence-corrected chi connectivity index (χ3v) is 2.67. The summed E-state index contributed by atoms with van der Waals surface area (Å²) < 4.78 is 4.89. The maximum atomic E-state index is 12.4. The highest BCUT2D eigenvalue weighted by Gasteiger charge is 2.42. The van der Waals surface area contributed by atoms with Crippen molar-refractivity contribution in [3.05, 3.63) is 35.9 Å². The molecule has 0 amide bonds. The van der Waals surface area contributed by atoms with Crippen LogP contribution >= 0.6 is 23.2 Å². The van der Waals surface area contributed by atoms with Gasteiger partial charge < -0.3 is 4.74 Å². The molecule has 1 aromatic carbocycles. The SMILES string of the molecule is CC(C)(C)OC(=O)C(C#N)(Cc1ccccc1)N=C(Cl)Cl. The zero-order valence-corrected chi connectivity index (χ0v) is 13.6. The van der Waals surface area contributed by atoms with E-state index in [9.17, 15) is 10.1 Å². The van der Waals surface area contributed by atoms with Gasteiger partial charge in [-0.2, -0.15) is 5.26 Å². The van der Waals surface area contributed by atoms with Crippen molar-refractivity contribution in [1.29, 1.82) is 5.26 Å². The Morgan fingerprint density at radius 2 is 1.86 bits per heavy atom. The summed E-state index contributed by atoms with van der Waals surface area (Å²) in [5.74, 6) is -0.778. The first-order chi connectivity index (χ1) is 9.68. The zero-order chi connectivity index (χ0) is 16.1. The molecule has 1 rings (SSSR count). The lowest BCUT2D eigenvalue weighted by atomic mass is 9.92. The molecule has 0 N–H and O–H groups in total. The summed E-state index contributed by atoms with van der Waals surface area (Å²) >= 11 is 11.2. The van der Waals surface area contributed by atoms with E-state index in [1.165, 1.54) is 0 Å². The Morgan fingerprint density at radius 1 is 1.29 bits per heavy atom. The summed E-state index contributed by atoms with van der Waals surface area (Å²) in [6.07, 6.45) is 0.0300. The van der Waals surface area contributed by atoms with Crippen molar-refractivity contribution in [2.24, 2.45) is 4.99 Å². The van der Waals surface area contributed by atoms with Crippen LogP contribution in [0.15, 0.2) is 35.3 Å². The number of benzene rings is 1. The molecule has 6 heteroatoms. The fourth-order valence-electron chi connectivity index (χ4n) is 1.67. The van der Waals surface area contributed by atoms with Crippen molar-refractivity contribution >= 4 is 33.8 Å². The Bertz CT molecular complexity index is 570. The zero-order valence-electron chi connectivity index (χ0n) is 12.1. The van der Waals surface area contributed by atoms with Gasteiger partial charge in [0.2, 0.25) is 5.54 Å². The normalized spacial score (nSPS) is 13.7. The molecule has 0 aliphatic carbocycles. The van der Waals surface area contributed by atoms with Gasteiger partial charge in [-0.05, 0) is 49.5 Å². The standard InChI is InChI=1S/C15H16Cl2N2O2/c1-14(2,3)21-12(20)15(10-18,19-13(16)17)9-11-7-5-4-6-8-11/h4-8H,9H2,1-3H3. The number of halogens is 2. The first kappa shape index (κ1) is 17.5. The van der Waals surface area contributed by atoms with Crippen molar-refractivity contribution in [2.45, 2.75) is 38.3 Å². The maximum Gasteiger partial charge on any atom is 0.349 e. The predicted molar refractivity (Wildman–Crippen MR) is 83.5 cm³/mol. The quantitative estimate of drug-likeness (QED) is 0.626. The van der Waals surface area contributed by atoms with Gasteiger partial charge >= 0.3 is 5.97 Å². The van der Waals surface area contributed by atoms with Gasteiger partial charge in [0.1, 0.15) is 11.7 Å².